The Kier molecular flexibility index (Phi) is 6.63. The molecule has 0 saturated carbocycles. The number of hydrogen-bond donors (Lipinski definition) is 2. The van der Waals surface area contributed by atoms with Crippen LogP contribution in [0.15, 0.2) is 78.9 Å². The molecule has 32 heavy (non-hydrogen) atoms. The quantitative estimate of drug-likeness (QED) is 0.355. The number of hydrogen-bond acceptors (Lipinski definition) is 4. The first-order valence-corrected chi connectivity index (χ1v) is 10.6. The first-order chi connectivity index (χ1) is 15.5. The predicted octanol–water partition coefficient (Wildman–Crippen LogP) is 5.45. The lowest BCUT2D eigenvalue weighted by molar-refractivity contribution is -0.116. The summed E-state index contributed by atoms with van der Waals surface area (Å²) in [6.45, 7) is 0.302. The molecule has 6 nitrogen and oxygen atoms in total. The maximum Gasteiger partial charge on any atom is 0.246 e. The second-order valence-corrected chi connectivity index (χ2v) is 7.74. The molecule has 1 heterocycles. The molecule has 0 saturated heterocycles. The van der Waals surface area contributed by atoms with Gasteiger partial charge in [-0.2, -0.15) is 5.10 Å². The fourth-order valence-corrected chi connectivity index (χ4v) is 3.57. The van der Waals surface area contributed by atoms with Crippen molar-refractivity contribution < 1.29 is 9.18 Å². The number of amides is 1. The summed E-state index contributed by atoms with van der Waals surface area (Å²) >= 11 is 11.6. The summed E-state index contributed by atoms with van der Waals surface area (Å²) in [5.74, 6) is -0.0435. The maximum atomic E-state index is 13.1. The van der Waals surface area contributed by atoms with Crippen LogP contribution >= 0.6 is 23.8 Å². The third kappa shape index (κ3) is 5.22. The number of rotatable bonds is 7. The van der Waals surface area contributed by atoms with E-state index in [0.717, 1.165) is 11.4 Å². The topological polar surface area (TPSA) is 63.9 Å². The van der Waals surface area contributed by atoms with Crippen molar-refractivity contribution in [1.29, 1.82) is 0 Å². The van der Waals surface area contributed by atoms with Crippen molar-refractivity contribution >= 4 is 41.1 Å². The molecular weight excluding hydrogens is 449 g/mol. The van der Waals surface area contributed by atoms with Crippen molar-refractivity contribution in [2.24, 2.45) is 0 Å². The maximum absolute atomic E-state index is 13.1. The van der Waals surface area contributed by atoms with Gasteiger partial charge in [0.15, 0.2) is 5.82 Å². The molecule has 0 aliphatic rings. The number of nitrogens with one attached hydrogen (secondary N) is 2. The lowest BCUT2D eigenvalue weighted by Crippen LogP contribution is -2.20. The third-order valence-electron chi connectivity index (χ3n) is 4.64. The zero-order valence-corrected chi connectivity index (χ0v) is 18.4. The molecule has 0 spiro atoms. The first-order valence-electron chi connectivity index (χ1n) is 9.78. The highest BCUT2D eigenvalue weighted by molar-refractivity contribution is 7.71. The number of carbonyl (C=O) groups excluding carboxylic acids is 1. The fourth-order valence-electron chi connectivity index (χ4n) is 3.13. The van der Waals surface area contributed by atoms with E-state index in [1.165, 1.54) is 28.9 Å². The van der Waals surface area contributed by atoms with Crippen LogP contribution in [0.2, 0.25) is 5.02 Å². The summed E-state index contributed by atoms with van der Waals surface area (Å²) < 4.78 is 16.8. The van der Waals surface area contributed by atoms with Gasteiger partial charge in [0.25, 0.3) is 0 Å². The molecule has 1 amide bonds. The van der Waals surface area contributed by atoms with Gasteiger partial charge in [0.2, 0.25) is 10.7 Å². The van der Waals surface area contributed by atoms with E-state index in [9.17, 15) is 9.18 Å². The minimum atomic E-state index is -0.371. The number of nitrogens with zero attached hydrogens (tertiary/aromatic N) is 3. The molecule has 2 N–H and O–H groups in total. The molecule has 1 aromatic heterocycles. The van der Waals surface area contributed by atoms with Gasteiger partial charge in [-0.25, -0.2) is 9.07 Å². The summed E-state index contributed by atoms with van der Waals surface area (Å²) in [6, 6.07) is 22.5. The Balaban J connectivity index is 1.58. The van der Waals surface area contributed by atoms with Crippen molar-refractivity contribution in [3.63, 3.8) is 0 Å². The number of halogens is 2. The predicted molar refractivity (Wildman–Crippen MR) is 126 cm³/mol. The molecule has 9 heteroatoms. The number of anilines is 2. The lowest BCUT2D eigenvalue weighted by atomic mass is 10.3. The Morgan fingerprint density at radius 2 is 1.62 bits per heavy atom. The van der Waals surface area contributed by atoms with Gasteiger partial charge in [0.1, 0.15) is 12.4 Å². The summed E-state index contributed by atoms with van der Waals surface area (Å²) in [5, 5.41) is 11.3. The van der Waals surface area contributed by atoms with Crippen molar-refractivity contribution in [3.8, 4) is 5.69 Å². The molecule has 0 fully saturated rings. The van der Waals surface area contributed by atoms with Crippen LogP contribution in [0.1, 0.15) is 5.82 Å². The normalized spacial score (nSPS) is 10.7. The largest absolute Gasteiger partial charge is 0.378 e. The monoisotopic (exact) mass is 467 g/mol. The molecule has 0 bridgehead atoms. The van der Waals surface area contributed by atoms with Crippen LogP contribution in [0, 0.1) is 10.6 Å². The summed E-state index contributed by atoms with van der Waals surface area (Å²) in [4.78, 5) is 12.5. The van der Waals surface area contributed by atoms with E-state index >= 15 is 0 Å². The molecule has 0 unspecified atom stereocenters. The van der Waals surface area contributed by atoms with Crippen molar-refractivity contribution in [1.82, 2.24) is 14.3 Å². The molecule has 3 aromatic carbocycles. The number of aromatic nitrogens is 3. The zero-order chi connectivity index (χ0) is 22.5. The molecule has 0 aliphatic carbocycles. The smallest absolute Gasteiger partial charge is 0.246 e. The molecule has 4 rings (SSSR count). The Hall–Kier alpha value is -3.49. The van der Waals surface area contributed by atoms with Crippen LogP contribution in [0.4, 0.5) is 15.8 Å². The Morgan fingerprint density at radius 1 is 0.969 bits per heavy atom. The second kappa shape index (κ2) is 9.76. The SMILES string of the molecule is O=C(Cn1nc(CNc2ccc(Cl)cc2)n(-c2ccccc2)c1=S)Nc1ccc(F)cc1. The Bertz CT molecular complexity index is 1270. The van der Waals surface area contributed by atoms with Crippen LogP contribution in [0.3, 0.4) is 0 Å². The van der Waals surface area contributed by atoms with Gasteiger partial charge < -0.3 is 10.6 Å². The molecule has 0 atom stereocenters. The van der Waals surface area contributed by atoms with Gasteiger partial charge >= 0.3 is 0 Å². The van der Waals surface area contributed by atoms with E-state index < -0.39 is 0 Å². The van der Waals surface area contributed by atoms with Gasteiger partial charge in [-0.1, -0.05) is 29.8 Å². The molecular formula is C23H19ClFN5OS. The van der Waals surface area contributed by atoms with Crippen molar-refractivity contribution in [3.05, 3.63) is 100 Å². The summed E-state index contributed by atoms with van der Waals surface area (Å²) in [5.41, 5.74) is 2.22. The molecule has 4 aromatic rings. The average Bonchev–Trinajstić information content (AvgIpc) is 3.10. The Labute approximate surface area is 194 Å². The van der Waals surface area contributed by atoms with E-state index in [0.29, 0.717) is 27.9 Å². The van der Waals surface area contributed by atoms with E-state index in [-0.39, 0.29) is 18.3 Å². The van der Waals surface area contributed by atoms with E-state index in [1.54, 1.807) is 12.1 Å². The van der Waals surface area contributed by atoms with Crippen LogP contribution in [-0.4, -0.2) is 20.3 Å². The number of carbonyl (C=O) groups is 1. The van der Waals surface area contributed by atoms with Gasteiger partial charge in [-0.05, 0) is 72.9 Å². The van der Waals surface area contributed by atoms with Gasteiger partial charge in [0, 0.05) is 22.1 Å². The Morgan fingerprint density at radius 3 is 2.31 bits per heavy atom. The van der Waals surface area contributed by atoms with E-state index in [1.807, 2.05) is 47.0 Å². The van der Waals surface area contributed by atoms with E-state index in [4.69, 9.17) is 23.8 Å². The molecule has 0 aliphatic heterocycles. The minimum absolute atomic E-state index is 0.0794. The number of benzene rings is 3. The van der Waals surface area contributed by atoms with Crippen molar-refractivity contribution in [2.75, 3.05) is 10.6 Å². The van der Waals surface area contributed by atoms with E-state index in [2.05, 4.69) is 15.7 Å². The molecule has 0 radical (unpaired) electrons. The fraction of sp³-hybridized carbons (Fsp3) is 0.0870. The third-order valence-corrected chi connectivity index (χ3v) is 5.28. The number of para-hydroxylation sites is 1. The van der Waals surface area contributed by atoms with Crippen LogP contribution < -0.4 is 10.6 Å². The van der Waals surface area contributed by atoms with Crippen LogP contribution in [-0.2, 0) is 17.9 Å². The highest BCUT2D eigenvalue weighted by Crippen LogP contribution is 2.17. The first kappa shape index (κ1) is 21.7. The lowest BCUT2D eigenvalue weighted by Gasteiger charge is -2.09. The molecule has 162 valence electrons. The van der Waals surface area contributed by atoms with Crippen molar-refractivity contribution in [2.45, 2.75) is 13.1 Å². The van der Waals surface area contributed by atoms with Crippen LogP contribution in [0.25, 0.3) is 5.69 Å². The zero-order valence-electron chi connectivity index (χ0n) is 16.8. The summed E-state index contributed by atoms with van der Waals surface area (Å²) in [7, 11) is 0. The summed E-state index contributed by atoms with van der Waals surface area (Å²) in [6.07, 6.45) is 0. The van der Waals surface area contributed by atoms with Crippen LogP contribution in [0.5, 0.6) is 0 Å². The standard InChI is InChI=1S/C23H19ClFN5OS/c24-16-6-10-18(11-7-16)26-14-21-28-29(23(32)30(21)20-4-2-1-3-5-20)15-22(31)27-19-12-8-17(25)9-13-19/h1-13,26H,14-15H2,(H,27,31). The van der Waals surface area contributed by atoms with Gasteiger partial charge in [-0.15, -0.1) is 0 Å². The average molecular weight is 468 g/mol. The van der Waals surface area contributed by atoms with Gasteiger partial charge in [-0.3, -0.25) is 9.36 Å². The highest BCUT2D eigenvalue weighted by Gasteiger charge is 2.15. The highest BCUT2D eigenvalue weighted by atomic mass is 35.5. The second-order valence-electron chi connectivity index (χ2n) is 6.94. The minimum Gasteiger partial charge on any atom is -0.378 e. The van der Waals surface area contributed by atoms with Gasteiger partial charge in [0.05, 0.1) is 6.54 Å².